The number of aliphatic hydroxyl groups is 2. The molecule has 1 aliphatic rings. The van der Waals surface area contributed by atoms with Gasteiger partial charge in [-0.2, -0.15) is 0 Å². The van der Waals surface area contributed by atoms with Gasteiger partial charge in [-0.15, -0.1) is 0 Å². The summed E-state index contributed by atoms with van der Waals surface area (Å²) >= 11 is 0. The summed E-state index contributed by atoms with van der Waals surface area (Å²) < 4.78 is 5.12. The van der Waals surface area contributed by atoms with E-state index in [1.54, 1.807) is 0 Å². The minimum absolute atomic E-state index is 0.0786. The van der Waals surface area contributed by atoms with Crippen molar-refractivity contribution in [2.75, 3.05) is 19.8 Å². The Bertz CT molecular complexity index is 168. The highest BCUT2D eigenvalue weighted by Crippen LogP contribution is 2.11. The Morgan fingerprint density at radius 2 is 2.46 bits per heavy atom. The van der Waals surface area contributed by atoms with E-state index < -0.39 is 6.10 Å². The zero-order chi connectivity index (χ0) is 9.68. The van der Waals surface area contributed by atoms with Crippen molar-refractivity contribution in [2.24, 2.45) is 0 Å². The monoisotopic (exact) mass is 189 g/mol. The average Bonchev–Trinajstić information content (AvgIpc) is 2.66. The van der Waals surface area contributed by atoms with E-state index in [0.29, 0.717) is 6.61 Å². The van der Waals surface area contributed by atoms with Crippen LogP contribution < -0.4 is 5.32 Å². The van der Waals surface area contributed by atoms with Crippen molar-refractivity contribution >= 4 is 5.91 Å². The SMILES string of the molecule is O=C(NCC(O)CO)C1CCCO1. The Morgan fingerprint density at radius 1 is 1.69 bits per heavy atom. The normalized spacial score (nSPS) is 24.3. The second kappa shape index (κ2) is 5.16. The van der Waals surface area contributed by atoms with Gasteiger partial charge in [-0.05, 0) is 12.8 Å². The molecule has 0 aromatic rings. The Labute approximate surface area is 76.7 Å². The lowest BCUT2D eigenvalue weighted by molar-refractivity contribution is -0.130. The number of hydrogen-bond acceptors (Lipinski definition) is 4. The Balaban J connectivity index is 2.16. The maximum atomic E-state index is 11.2. The van der Waals surface area contributed by atoms with Crippen LogP contribution in [0.5, 0.6) is 0 Å². The van der Waals surface area contributed by atoms with E-state index in [0.717, 1.165) is 12.8 Å². The maximum absolute atomic E-state index is 11.2. The molecule has 1 rings (SSSR count). The van der Waals surface area contributed by atoms with E-state index >= 15 is 0 Å². The number of ether oxygens (including phenoxy) is 1. The van der Waals surface area contributed by atoms with Gasteiger partial charge in [-0.3, -0.25) is 4.79 Å². The zero-order valence-electron chi connectivity index (χ0n) is 7.40. The molecule has 1 amide bonds. The maximum Gasteiger partial charge on any atom is 0.249 e. The molecule has 13 heavy (non-hydrogen) atoms. The fraction of sp³-hybridized carbons (Fsp3) is 0.875. The molecule has 1 fully saturated rings. The van der Waals surface area contributed by atoms with E-state index in [2.05, 4.69) is 5.32 Å². The molecule has 0 aliphatic carbocycles. The summed E-state index contributed by atoms with van der Waals surface area (Å²) in [5, 5.41) is 19.9. The van der Waals surface area contributed by atoms with Crippen molar-refractivity contribution < 1.29 is 19.7 Å². The first-order valence-corrected chi connectivity index (χ1v) is 4.42. The molecule has 0 aromatic carbocycles. The van der Waals surface area contributed by atoms with Crippen LogP contribution in [-0.4, -0.2) is 48.1 Å². The van der Waals surface area contributed by atoms with Crippen molar-refractivity contribution in [1.29, 1.82) is 0 Å². The molecular formula is C8H15NO4. The van der Waals surface area contributed by atoms with E-state index in [1.165, 1.54) is 0 Å². The van der Waals surface area contributed by atoms with Gasteiger partial charge < -0.3 is 20.3 Å². The Hall–Kier alpha value is -0.650. The fourth-order valence-corrected chi connectivity index (χ4v) is 1.18. The van der Waals surface area contributed by atoms with E-state index in [1.807, 2.05) is 0 Å². The quantitative estimate of drug-likeness (QED) is 0.510. The fourth-order valence-electron chi connectivity index (χ4n) is 1.18. The Kier molecular flexibility index (Phi) is 4.14. The molecule has 1 heterocycles. The third kappa shape index (κ3) is 3.30. The second-order valence-electron chi connectivity index (χ2n) is 3.08. The molecule has 3 N–H and O–H groups in total. The second-order valence-corrected chi connectivity index (χ2v) is 3.08. The zero-order valence-corrected chi connectivity index (χ0v) is 7.40. The molecule has 2 unspecified atom stereocenters. The first kappa shape index (κ1) is 10.4. The molecule has 0 spiro atoms. The summed E-state index contributed by atoms with van der Waals surface area (Å²) in [6.45, 7) is 0.363. The molecule has 5 heteroatoms. The summed E-state index contributed by atoms with van der Waals surface area (Å²) in [5.41, 5.74) is 0. The minimum Gasteiger partial charge on any atom is -0.394 e. The van der Waals surface area contributed by atoms with Gasteiger partial charge in [-0.1, -0.05) is 0 Å². The van der Waals surface area contributed by atoms with E-state index in [9.17, 15) is 4.79 Å². The number of carbonyl (C=O) groups excluding carboxylic acids is 1. The minimum atomic E-state index is -0.884. The number of carbonyl (C=O) groups is 1. The summed E-state index contributed by atoms with van der Waals surface area (Å²) in [7, 11) is 0. The van der Waals surface area contributed by atoms with Crippen LogP contribution in [0, 0.1) is 0 Å². The number of rotatable bonds is 4. The molecular weight excluding hydrogens is 174 g/mol. The lowest BCUT2D eigenvalue weighted by Gasteiger charge is -2.12. The highest BCUT2D eigenvalue weighted by atomic mass is 16.5. The number of amides is 1. The van der Waals surface area contributed by atoms with Crippen molar-refractivity contribution in [3.8, 4) is 0 Å². The summed E-state index contributed by atoms with van der Waals surface area (Å²) in [5.74, 6) is -0.204. The van der Waals surface area contributed by atoms with Crippen LogP contribution in [0.25, 0.3) is 0 Å². The molecule has 5 nitrogen and oxygen atoms in total. The molecule has 1 aliphatic heterocycles. The van der Waals surface area contributed by atoms with Gasteiger partial charge in [-0.25, -0.2) is 0 Å². The first-order valence-electron chi connectivity index (χ1n) is 4.42. The molecule has 2 atom stereocenters. The van der Waals surface area contributed by atoms with Gasteiger partial charge in [0.05, 0.1) is 12.7 Å². The topological polar surface area (TPSA) is 78.8 Å². The van der Waals surface area contributed by atoms with Gasteiger partial charge >= 0.3 is 0 Å². The first-order chi connectivity index (χ1) is 6.24. The van der Waals surface area contributed by atoms with Gasteiger partial charge in [0.1, 0.15) is 6.10 Å². The molecule has 0 radical (unpaired) electrons. The lowest BCUT2D eigenvalue weighted by Crippen LogP contribution is -2.39. The van der Waals surface area contributed by atoms with Gasteiger partial charge in [0.15, 0.2) is 0 Å². The van der Waals surface area contributed by atoms with Crippen LogP contribution in [0.15, 0.2) is 0 Å². The predicted molar refractivity (Wildman–Crippen MR) is 45.1 cm³/mol. The standard InChI is InChI=1S/C8H15NO4/c10-5-6(11)4-9-8(12)7-2-1-3-13-7/h6-7,10-11H,1-5H2,(H,9,12). The number of hydrogen-bond donors (Lipinski definition) is 3. The molecule has 0 saturated carbocycles. The highest BCUT2D eigenvalue weighted by Gasteiger charge is 2.23. The van der Waals surface area contributed by atoms with E-state index in [4.69, 9.17) is 14.9 Å². The Morgan fingerprint density at radius 3 is 3.00 bits per heavy atom. The van der Waals surface area contributed by atoms with Crippen LogP contribution in [0.1, 0.15) is 12.8 Å². The van der Waals surface area contributed by atoms with Gasteiger partial charge in [0, 0.05) is 13.2 Å². The third-order valence-electron chi connectivity index (χ3n) is 1.94. The van der Waals surface area contributed by atoms with Crippen molar-refractivity contribution in [3.63, 3.8) is 0 Å². The van der Waals surface area contributed by atoms with Crippen LogP contribution in [0.2, 0.25) is 0 Å². The third-order valence-corrected chi connectivity index (χ3v) is 1.94. The van der Waals surface area contributed by atoms with Crippen molar-refractivity contribution in [2.45, 2.75) is 25.0 Å². The van der Waals surface area contributed by atoms with E-state index in [-0.39, 0.29) is 25.2 Å². The van der Waals surface area contributed by atoms with Crippen LogP contribution in [0.4, 0.5) is 0 Å². The summed E-state index contributed by atoms with van der Waals surface area (Å²) in [6, 6.07) is 0. The summed E-state index contributed by atoms with van der Waals surface area (Å²) in [6.07, 6.45) is 0.387. The van der Waals surface area contributed by atoms with Gasteiger partial charge in [0.25, 0.3) is 0 Å². The highest BCUT2D eigenvalue weighted by molar-refractivity contribution is 5.80. The van der Waals surface area contributed by atoms with Gasteiger partial charge in [0.2, 0.25) is 5.91 Å². The average molecular weight is 189 g/mol. The molecule has 1 saturated heterocycles. The van der Waals surface area contributed by atoms with Crippen LogP contribution in [0.3, 0.4) is 0 Å². The summed E-state index contributed by atoms with van der Waals surface area (Å²) in [4.78, 5) is 11.2. The van der Waals surface area contributed by atoms with Crippen LogP contribution >= 0.6 is 0 Å². The number of aliphatic hydroxyl groups excluding tert-OH is 2. The molecule has 0 bridgehead atoms. The largest absolute Gasteiger partial charge is 0.394 e. The molecule has 0 aromatic heterocycles. The van der Waals surface area contributed by atoms with Crippen molar-refractivity contribution in [3.05, 3.63) is 0 Å². The smallest absolute Gasteiger partial charge is 0.249 e. The van der Waals surface area contributed by atoms with Crippen molar-refractivity contribution in [1.82, 2.24) is 5.32 Å². The predicted octanol–water partition coefficient (Wildman–Crippen LogP) is -1.37. The molecule has 76 valence electrons. The lowest BCUT2D eigenvalue weighted by atomic mass is 10.2. The number of nitrogens with one attached hydrogen (secondary N) is 1. The van der Waals surface area contributed by atoms with Crippen LogP contribution in [-0.2, 0) is 9.53 Å².